The van der Waals surface area contributed by atoms with Crippen molar-refractivity contribution in [1.29, 1.82) is 0 Å². The molecule has 1 atom stereocenters. The van der Waals surface area contributed by atoms with E-state index in [9.17, 15) is 26.3 Å². The second kappa shape index (κ2) is 6.37. The van der Waals surface area contributed by atoms with Crippen LogP contribution in [-0.2, 0) is 0 Å². The molecule has 0 saturated heterocycles. The molecule has 3 nitrogen and oxygen atoms in total. The first-order valence-corrected chi connectivity index (χ1v) is 5.74. The number of thiocarbonyl (C=S) groups is 1. The molecule has 2 N–H and O–H groups in total. The van der Waals surface area contributed by atoms with Gasteiger partial charge in [-0.15, -0.1) is 13.2 Å². The van der Waals surface area contributed by atoms with Gasteiger partial charge in [0.15, 0.2) is 0 Å². The minimum absolute atomic E-state index is 0.0741. The van der Waals surface area contributed by atoms with Crippen molar-refractivity contribution in [2.45, 2.75) is 12.5 Å². The highest BCUT2D eigenvalue weighted by molar-refractivity contribution is 7.80. The minimum atomic E-state index is -4.85. The van der Waals surface area contributed by atoms with Crippen molar-refractivity contribution in [3.63, 3.8) is 0 Å². The van der Waals surface area contributed by atoms with Gasteiger partial charge in [0.25, 0.3) is 0 Å². The van der Waals surface area contributed by atoms with Gasteiger partial charge in [-0.3, -0.25) is 0 Å². The lowest BCUT2D eigenvalue weighted by Crippen LogP contribution is -2.38. The third kappa shape index (κ3) is 6.06. The summed E-state index contributed by atoms with van der Waals surface area (Å²) in [6, 6.07) is 3.89. The van der Waals surface area contributed by atoms with E-state index in [0.717, 1.165) is 24.3 Å². The van der Waals surface area contributed by atoms with E-state index in [1.54, 1.807) is 0 Å². The van der Waals surface area contributed by atoms with Crippen molar-refractivity contribution in [1.82, 2.24) is 0 Å². The van der Waals surface area contributed by atoms with Gasteiger partial charge in [-0.25, -0.2) is 0 Å². The van der Waals surface area contributed by atoms with Crippen LogP contribution in [0.4, 0.5) is 26.3 Å². The first kappa shape index (κ1) is 17.3. The molecule has 0 aliphatic carbocycles. The predicted octanol–water partition coefficient (Wildman–Crippen LogP) is 3.43. The predicted molar refractivity (Wildman–Crippen MR) is 65.0 cm³/mol. The highest BCUT2D eigenvalue weighted by Gasteiger charge is 2.42. The molecule has 1 aromatic rings. The Labute approximate surface area is 120 Å². The molecule has 0 fully saturated rings. The van der Waals surface area contributed by atoms with Gasteiger partial charge in [-0.2, -0.15) is 13.2 Å². The molecule has 0 aliphatic rings. The molecule has 0 aromatic heterocycles. The van der Waals surface area contributed by atoms with Crippen LogP contribution in [-0.4, -0.2) is 24.1 Å². The highest BCUT2D eigenvalue weighted by atomic mass is 32.1. The maximum atomic E-state index is 12.5. The Bertz CT molecular complexity index is 485. The second-order valence-electron chi connectivity index (χ2n) is 3.83. The lowest BCUT2D eigenvalue weighted by molar-refractivity contribution is -0.274. The number of nitrogens with two attached hydrogens (primary N) is 1. The van der Waals surface area contributed by atoms with Gasteiger partial charge in [0, 0.05) is 0 Å². The summed E-state index contributed by atoms with van der Waals surface area (Å²) in [6.07, 6.45) is -9.51. The van der Waals surface area contributed by atoms with E-state index in [1.165, 1.54) is 0 Å². The fourth-order valence-corrected chi connectivity index (χ4v) is 1.46. The van der Waals surface area contributed by atoms with E-state index in [1.807, 2.05) is 0 Å². The van der Waals surface area contributed by atoms with Crippen molar-refractivity contribution in [3.8, 4) is 11.5 Å². The Balaban J connectivity index is 2.66. The molecule has 0 aliphatic heterocycles. The third-order valence-electron chi connectivity index (χ3n) is 2.21. The number of hydrogen-bond acceptors (Lipinski definition) is 3. The highest BCUT2D eigenvalue weighted by Crippen LogP contribution is 2.28. The summed E-state index contributed by atoms with van der Waals surface area (Å²) < 4.78 is 81.7. The maximum absolute atomic E-state index is 12.5. The quantitative estimate of drug-likeness (QED) is 0.662. The van der Waals surface area contributed by atoms with Crippen LogP contribution in [0.2, 0.25) is 0 Å². The van der Waals surface area contributed by atoms with Crippen LogP contribution < -0.4 is 15.2 Å². The van der Waals surface area contributed by atoms with Crippen LogP contribution in [0.5, 0.6) is 11.5 Å². The van der Waals surface area contributed by atoms with Crippen LogP contribution in [0, 0.1) is 5.92 Å². The summed E-state index contributed by atoms with van der Waals surface area (Å²) in [5, 5.41) is 0. The standard InChI is InChI=1S/C11H9F6NO2S/c12-10(13,14)8(9(18)21)5-19-6-1-3-7(4-2-6)20-11(15,16)17/h1-4,8H,5H2,(H2,18,21). The monoisotopic (exact) mass is 333 g/mol. The zero-order valence-corrected chi connectivity index (χ0v) is 11.0. The molecule has 0 heterocycles. The molecule has 1 rings (SSSR count). The summed E-state index contributed by atoms with van der Waals surface area (Å²) in [7, 11) is 0. The van der Waals surface area contributed by atoms with Gasteiger partial charge in [0.05, 0.1) is 4.99 Å². The van der Waals surface area contributed by atoms with Gasteiger partial charge >= 0.3 is 12.5 Å². The number of halogens is 6. The lowest BCUT2D eigenvalue weighted by Gasteiger charge is -2.19. The SMILES string of the molecule is NC(=S)C(COc1ccc(OC(F)(F)F)cc1)C(F)(F)F. The molecule has 118 valence electrons. The minimum Gasteiger partial charge on any atom is -0.493 e. The molecule has 1 aromatic carbocycles. The first-order chi connectivity index (χ1) is 9.49. The summed E-state index contributed by atoms with van der Waals surface area (Å²) in [5.74, 6) is -2.73. The van der Waals surface area contributed by atoms with E-state index < -0.39 is 35.8 Å². The van der Waals surface area contributed by atoms with Crippen LogP contribution in [0.15, 0.2) is 24.3 Å². The Morgan fingerprint density at radius 3 is 1.90 bits per heavy atom. The number of ether oxygens (including phenoxy) is 2. The Morgan fingerprint density at radius 1 is 1.05 bits per heavy atom. The van der Waals surface area contributed by atoms with E-state index in [-0.39, 0.29) is 5.75 Å². The van der Waals surface area contributed by atoms with Crippen molar-refractivity contribution in [3.05, 3.63) is 24.3 Å². The Morgan fingerprint density at radius 2 is 1.52 bits per heavy atom. The molecule has 10 heteroatoms. The fourth-order valence-electron chi connectivity index (χ4n) is 1.26. The largest absolute Gasteiger partial charge is 0.573 e. The zero-order valence-electron chi connectivity index (χ0n) is 10.2. The van der Waals surface area contributed by atoms with Gasteiger partial charge in [-0.05, 0) is 24.3 Å². The molecular formula is C11H9F6NO2S. The van der Waals surface area contributed by atoms with Gasteiger partial charge in [0.2, 0.25) is 0 Å². The third-order valence-corrected chi connectivity index (χ3v) is 2.50. The summed E-state index contributed by atoms with van der Waals surface area (Å²) >= 11 is 4.29. The molecule has 0 amide bonds. The second-order valence-corrected chi connectivity index (χ2v) is 4.30. The molecular weight excluding hydrogens is 324 g/mol. The van der Waals surface area contributed by atoms with E-state index >= 15 is 0 Å². The van der Waals surface area contributed by atoms with Crippen LogP contribution in [0.1, 0.15) is 0 Å². The van der Waals surface area contributed by atoms with Crippen molar-refractivity contribution >= 4 is 17.2 Å². The van der Waals surface area contributed by atoms with Crippen molar-refractivity contribution in [2.24, 2.45) is 11.7 Å². The molecule has 1 unspecified atom stereocenters. The van der Waals surface area contributed by atoms with Crippen LogP contribution in [0.3, 0.4) is 0 Å². The van der Waals surface area contributed by atoms with E-state index in [2.05, 4.69) is 17.0 Å². The molecule has 21 heavy (non-hydrogen) atoms. The molecule has 0 radical (unpaired) electrons. The van der Waals surface area contributed by atoms with Gasteiger partial charge < -0.3 is 15.2 Å². The number of rotatable bonds is 5. The lowest BCUT2D eigenvalue weighted by atomic mass is 10.1. The van der Waals surface area contributed by atoms with E-state index in [4.69, 9.17) is 10.5 Å². The molecule has 0 spiro atoms. The summed E-state index contributed by atoms with van der Waals surface area (Å²) in [6.45, 7) is -0.863. The Kier molecular flexibility index (Phi) is 5.26. The smallest absolute Gasteiger partial charge is 0.493 e. The normalized spacial score (nSPS) is 13.6. The topological polar surface area (TPSA) is 44.5 Å². The number of hydrogen-bond donors (Lipinski definition) is 1. The Hall–Kier alpha value is -1.71. The number of alkyl halides is 6. The van der Waals surface area contributed by atoms with Crippen molar-refractivity contribution in [2.75, 3.05) is 6.61 Å². The average Bonchev–Trinajstić information content (AvgIpc) is 2.27. The first-order valence-electron chi connectivity index (χ1n) is 5.33. The van der Waals surface area contributed by atoms with Crippen LogP contribution >= 0.6 is 12.2 Å². The molecule has 0 saturated carbocycles. The van der Waals surface area contributed by atoms with E-state index in [0.29, 0.717) is 0 Å². The van der Waals surface area contributed by atoms with Crippen molar-refractivity contribution < 1.29 is 35.8 Å². The maximum Gasteiger partial charge on any atom is 0.573 e. The molecule has 0 bridgehead atoms. The fraction of sp³-hybridized carbons (Fsp3) is 0.364. The summed E-state index contributed by atoms with van der Waals surface area (Å²) in [5.41, 5.74) is 4.97. The number of benzene rings is 1. The summed E-state index contributed by atoms with van der Waals surface area (Å²) in [4.78, 5) is -0.778. The average molecular weight is 333 g/mol. The zero-order chi connectivity index (χ0) is 16.3. The van der Waals surface area contributed by atoms with Gasteiger partial charge in [-0.1, -0.05) is 12.2 Å². The van der Waals surface area contributed by atoms with Crippen LogP contribution in [0.25, 0.3) is 0 Å². The van der Waals surface area contributed by atoms with Gasteiger partial charge in [0.1, 0.15) is 24.0 Å².